The van der Waals surface area contributed by atoms with Crippen LogP contribution in [0.3, 0.4) is 0 Å². The summed E-state index contributed by atoms with van der Waals surface area (Å²) in [5.41, 5.74) is -0.330. The number of nitrogens with zero attached hydrogens (tertiary/aromatic N) is 1. The van der Waals surface area contributed by atoms with Crippen LogP contribution < -0.4 is 10.6 Å². The second kappa shape index (κ2) is 9.08. The van der Waals surface area contributed by atoms with E-state index < -0.39 is 0 Å². The molecule has 1 atom stereocenters. The molecule has 0 bridgehead atoms. The first-order valence-electron chi connectivity index (χ1n) is 7.32. The zero-order chi connectivity index (χ0) is 13.0. The summed E-state index contributed by atoms with van der Waals surface area (Å²) >= 11 is 0. The van der Waals surface area contributed by atoms with Crippen molar-refractivity contribution in [3.8, 4) is 0 Å². The fourth-order valence-electron chi connectivity index (χ4n) is 2.95. The number of carbonyl (C=O) groups excluding carboxylic acids is 1. The van der Waals surface area contributed by atoms with Crippen LogP contribution in [0, 0.1) is 5.92 Å². The molecule has 1 amide bonds. The standard InChI is InChI=1S/C14H27N3O.2ClH/c1-14(7-3-4-8-16-14)13(18)15-11-12-5-9-17(2)10-6-12;;/h12,16H,3-11H2,1-2H3,(H,15,18);2*1H. The molecule has 1 unspecified atom stereocenters. The number of nitrogens with one attached hydrogen (secondary N) is 2. The third-order valence-corrected chi connectivity index (χ3v) is 4.51. The van der Waals surface area contributed by atoms with Crippen LogP contribution >= 0.6 is 24.8 Å². The Morgan fingerprint density at radius 2 is 1.95 bits per heavy atom. The molecule has 0 spiro atoms. The van der Waals surface area contributed by atoms with Crippen molar-refractivity contribution in [1.29, 1.82) is 0 Å². The summed E-state index contributed by atoms with van der Waals surface area (Å²) in [6, 6.07) is 0. The smallest absolute Gasteiger partial charge is 0.240 e. The molecule has 2 fully saturated rings. The molecule has 20 heavy (non-hydrogen) atoms. The summed E-state index contributed by atoms with van der Waals surface area (Å²) in [6.45, 7) is 6.18. The molecule has 0 saturated carbocycles. The Labute approximate surface area is 135 Å². The van der Waals surface area contributed by atoms with Gasteiger partial charge in [0.2, 0.25) is 5.91 Å². The Kier molecular flexibility index (Phi) is 9.07. The van der Waals surface area contributed by atoms with Crippen molar-refractivity contribution < 1.29 is 4.79 Å². The molecule has 4 nitrogen and oxygen atoms in total. The van der Waals surface area contributed by atoms with Crippen molar-refractivity contribution in [3.63, 3.8) is 0 Å². The van der Waals surface area contributed by atoms with E-state index in [4.69, 9.17) is 0 Å². The van der Waals surface area contributed by atoms with E-state index in [1.807, 2.05) is 6.92 Å². The second-order valence-corrected chi connectivity index (χ2v) is 6.17. The quantitative estimate of drug-likeness (QED) is 0.832. The fourth-order valence-corrected chi connectivity index (χ4v) is 2.95. The van der Waals surface area contributed by atoms with Gasteiger partial charge in [-0.15, -0.1) is 24.8 Å². The van der Waals surface area contributed by atoms with Gasteiger partial charge in [0, 0.05) is 6.54 Å². The number of piperidine rings is 2. The number of rotatable bonds is 3. The third-order valence-electron chi connectivity index (χ3n) is 4.51. The van der Waals surface area contributed by atoms with Gasteiger partial charge in [-0.1, -0.05) is 0 Å². The van der Waals surface area contributed by atoms with E-state index in [-0.39, 0.29) is 36.3 Å². The Bertz CT molecular complexity index is 288. The Morgan fingerprint density at radius 3 is 2.50 bits per heavy atom. The highest BCUT2D eigenvalue weighted by Gasteiger charge is 2.34. The number of halogens is 2. The number of amides is 1. The molecule has 2 aliphatic rings. The van der Waals surface area contributed by atoms with Crippen molar-refractivity contribution in [2.24, 2.45) is 5.92 Å². The summed E-state index contributed by atoms with van der Waals surface area (Å²) in [6.07, 6.45) is 5.73. The normalized spacial score (nSPS) is 28.1. The van der Waals surface area contributed by atoms with Gasteiger partial charge in [0.25, 0.3) is 0 Å². The molecule has 2 rings (SSSR count). The molecule has 0 aromatic rings. The van der Waals surface area contributed by atoms with E-state index in [2.05, 4.69) is 22.6 Å². The van der Waals surface area contributed by atoms with Crippen LogP contribution in [0.15, 0.2) is 0 Å². The number of likely N-dealkylation sites (tertiary alicyclic amines) is 1. The van der Waals surface area contributed by atoms with Gasteiger partial charge in [0.05, 0.1) is 5.54 Å². The van der Waals surface area contributed by atoms with Gasteiger partial charge >= 0.3 is 0 Å². The predicted octanol–water partition coefficient (Wildman–Crippen LogP) is 1.82. The van der Waals surface area contributed by atoms with Crippen LogP contribution in [-0.2, 0) is 4.79 Å². The van der Waals surface area contributed by atoms with Crippen LogP contribution in [0.1, 0.15) is 39.0 Å². The minimum Gasteiger partial charge on any atom is -0.354 e. The van der Waals surface area contributed by atoms with Crippen LogP contribution in [0.2, 0.25) is 0 Å². The van der Waals surface area contributed by atoms with E-state index in [0.29, 0.717) is 5.92 Å². The maximum atomic E-state index is 12.2. The molecule has 120 valence electrons. The van der Waals surface area contributed by atoms with E-state index >= 15 is 0 Å². The Morgan fingerprint density at radius 1 is 1.30 bits per heavy atom. The highest BCUT2D eigenvalue weighted by molar-refractivity contribution is 5.86. The number of hydrogen-bond donors (Lipinski definition) is 2. The number of carbonyl (C=O) groups is 1. The molecule has 2 aliphatic heterocycles. The van der Waals surface area contributed by atoms with Gasteiger partial charge in [0.1, 0.15) is 0 Å². The van der Waals surface area contributed by atoms with Crippen LogP contribution in [0.25, 0.3) is 0 Å². The van der Waals surface area contributed by atoms with E-state index in [9.17, 15) is 4.79 Å². The van der Waals surface area contributed by atoms with Crippen molar-refractivity contribution in [3.05, 3.63) is 0 Å². The highest BCUT2D eigenvalue weighted by Crippen LogP contribution is 2.20. The van der Waals surface area contributed by atoms with Crippen molar-refractivity contribution >= 4 is 30.7 Å². The molecule has 2 saturated heterocycles. The molecule has 0 aromatic carbocycles. The summed E-state index contributed by atoms with van der Waals surface area (Å²) in [5, 5.41) is 6.53. The molecule has 0 aromatic heterocycles. The van der Waals surface area contributed by atoms with Gasteiger partial charge < -0.3 is 15.5 Å². The maximum Gasteiger partial charge on any atom is 0.240 e. The van der Waals surface area contributed by atoms with Crippen LogP contribution in [0.5, 0.6) is 0 Å². The monoisotopic (exact) mass is 325 g/mol. The van der Waals surface area contributed by atoms with Gasteiger partial charge in [-0.05, 0) is 71.6 Å². The van der Waals surface area contributed by atoms with Crippen molar-refractivity contribution in [2.45, 2.75) is 44.6 Å². The first-order chi connectivity index (χ1) is 8.60. The fraction of sp³-hybridized carbons (Fsp3) is 0.929. The van der Waals surface area contributed by atoms with Crippen LogP contribution in [0.4, 0.5) is 0 Å². The summed E-state index contributed by atoms with van der Waals surface area (Å²) < 4.78 is 0. The first-order valence-corrected chi connectivity index (χ1v) is 7.32. The first kappa shape index (κ1) is 20.0. The van der Waals surface area contributed by atoms with E-state index in [0.717, 1.165) is 39.0 Å². The zero-order valence-corrected chi connectivity index (χ0v) is 14.2. The molecule has 2 heterocycles. The molecular weight excluding hydrogens is 297 g/mol. The summed E-state index contributed by atoms with van der Waals surface area (Å²) in [4.78, 5) is 14.6. The average molecular weight is 326 g/mol. The lowest BCUT2D eigenvalue weighted by molar-refractivity contribution is -0.128. The van der Waals surface area contributed by atoms with Crippen molar-refractivity contribution in [1.82, 2.24) is 15.5 Å². The van der Waals surface area contributed by atoms with Gasteiger partial charge in [-0.3, -0.25) is 4.79 Å². The summed E-state index contributed by atoms with van der Waals surface area (Å²) in [5.74, 6) is 0.860. The molecule has 0 radical (unpaired) electrons. The largest absolute Gasteiger partial charge is 0.354 e. The minimum atomic E-state index is -0.330. The van der Waals surface area contributed by atoms with E-state index in [1.54, 1.807) is 0 Å². The Hall–Kier alpha value is -0.0300. The predicted molar refractivity (Wildman–Crippen MR) is 88.0 cm³/mol. The topological polar surface area (TPSA) is 44.4 Å². The Balaban J connectivity index is 0.00000180. The SMILES string of the molecule is CN1CCC(CNC(=O)C2(C)CCCCN2)CC1.Cl.Cl. The molecule has 0 aliphatic carbocycles. The number of hydrogen-bond acceptors (Lipinski definition) is 3. The van der Waals surface area contributed by atoms with Gasteiger partial charge in [-0.2, -0.15) is 0 Å². The zero-order valence-electron chi connectivity index (χ0n) is 12.6. The lowest BCUT2D eigenvalue weighted by atomic mass is 9.89. The highest BCUT2D eigenvalue weighted by atomic mass is 35.5. The third kappa shape index (κ3) is 5.40. The second-order valence-electron chi connectivity index (χ2n) is 6.17. The van der Waals surface area contributed by atoms with Gasteiger partial charge in [-0.25, -0.2) is 0 Å². The van der Waals surface area contributed by atoms with E-state index in [1.165, 1.54) is 19.3 Å². The lowest BCUT2D eigenvalue weighted by Gasteiger charge is -2.35. The van der Waals surface area contributed by atoms with Crippen molar-refractivity contribution in [2.75, 3.05) is 33.2 Å². The lowest BCUT2D eigenvalue weighted by Crippen LogP contribution is -2.57. The van der Waals surface area contributed by atoms with Crippen LogP contribution in [-0.4, -0.2) is 49.6 Å². The molecule has 6 heteroatoms. The molecular formula is C14H29Cl2N3O. The molecule has 2 N–H and O–H groups in total. The minimum absolute atomic E-state index is 0. The summed E-state index contributed by atoms with van der Waals surface area (Å²) in [7, 11) is 2.17. The maximum absolute atomic E-state index is 12.2. The van der Waals surface area contributed by atoms with Gasteiger partial charge in [0.15, 0.2) is 0 Å². The average Bonchev–Trinajstić information content (AvgIpc) is 2.38.